The van der Waals surface area contributed by atoms with Crippen LogP contribution >= 0.6 is 23.4 Å². The van der Waals surface area contributed by atoms with Gasteiger partial charge >= 0.3 is 6.18 Å². The molecule has 0 saturated heterocycles. The van der Waals surface area contributed by atoms with Crippen LogP contribution in [0.3, 0.4) is 0 Å². The van der Waals surface area contributed by atoms with Crippen molar-refractivity contribution in [1.29, 1.82) is 0 Å². The molecular formula is C31H28ClF3N2OS. The van der Waals surface area contributed by atoms with E-state index in [0.717, 1.165) is 39.3 Å². The summed E-state index contributed by atoms with van der Waals surface area (Å²) >= 11 is 7.53. The fraction of sp³-hybridized carbons (Fsp3) is 0.194. The molecule has 4 aromatic rings. The average Bonchev–Trinajstić information content (AvgIpc) is 2.88. The number of nitrogens with zero attached hydrogens (tertiary/aromatic N) is 2. The SMILES string of the molecule is Cc1ccc(SC(=Nc2ccc(C(F)(F)F)cc2)N(CCc2ccc(Cl)cc2)Cc2cccc(O)c2)c(C)c1. The molecule has 3 nitrogen and oxygen atoms in total. The van der Waals surface area contributed by atoms with E-state index >= 15 is 0 Å². The maximum atomic E-state index is 13.2. The van der Waals surface area contributed by atoms with Gasteiger partial charge in [0.2, 0.25) is 0 Å². The van der Waals surface area contributed by atoms with E-state index in [1.807, 2.05) is 56.3 Å². The maximum Gasteiger partial charge on any atom is 0.416 e. The first-order valence-electron chi connectivity index (χ1n) is 12.4. The molecule has 0 amide bonds. The summed E-state index contributed by atoms with van der Waals surface area (Å²) in [6.45, 7) is 5.07. The summed E-state index contributed by atoms with van der Waals surface area (Å²) < 4.78 is 39.5. The van der Waals surface area contributed by atoms with Crippen LogP contribution in [0.5, 0.6) is 5.75 Å². The van der Waals surface area contributed by atoms with Crippen LogP contribution in [0.2, 0.25) is 5.02 Å². The third-order valence-electron chi connectivity index (χ3n) is 6.09. The molecule has 0 aliphatic carbocycles. The molecule has 0 aromatic heterocycles. The van der Waals surface area contributed by atoms with Crippen molar-refractivity contribution in [2.24, 2.45) is 4.99 Å². The fourth-order valence-electron chi connectivity index (χ4n) is 4.04. The van der Waals surface area contributed by atoms with E-state index in [1.165, 1.54) is 23.9 Å². The number of amidine groups is 1. The topological polar surface area (TPSA) is 35.8 Å². The van der Waals surface area contributed by atoms with Crippen molar-refractivity contribution >= 4 is 34.2 Å². The van der Waals surface area contributed by atoms with E-state index in [4.69, 9.17) is 16.6 Å². The van der Waals surface area contributed by atoms with Crippen molar-refractivity contribution in [3.05, 3.63) is 124 Å². The van der Waals surface area contributed by atoms with Crippen molar-refractivity contribution in [2.75, 3.05) is 6.54 Å². The molecule has 0 saturated carbocycles. The molecule has 4 aromatic carbocycles. The van der Waals surface area contributed by atoms with E-state index in [-0.39, 0.29) is 5.75 Å². The standard InChI is InChI=1S/C31H28ClF3N2OS/c1-21-6-15-29(22(2)18-21)39-30(36-27-13-9-25(10-14-27)31(33,34)35)37(20-24-4-3-5-28(38)19-24)17-16-23-7-11-26(32)12-8-23/h3-15,18-19,38H,16-17,20H2,1-2H3. The Morgan fingerprint density at radius 2 is 1.62 bits per heavy atom. The number of benzene rings is 4. The van der Waals surface area contributed by atoms with Crippen LogP contribution in [-0.4, -0.2) is 21.7 Å². The van der Waals surface area contributed by atoms with Gasteiger partial charge in [-0.2, -0.15) is 13.2 Å². The van der Waals surface area contributed by atoms with Gasteiger partial charge in [0.05, 0.1) is 11.3 Å². The Hall–Kier alpha value is -3.42. The number of aromatic hydroxyl groups is 1. The molecular weight excluding hydrogens is 541 g/mol. The number of hydrogen-bond acceptors (Lipinski definition) is 3. The zero-order valence-corrected chi connectivity index (χ0v) is 23.1. The summed E-state index contributed by atoms with van der Waals surface area (Å²) in [4.78, 5) is 7.93. The molecule has 1 N–H and O–H groups in total. The molecule has 0 atom stereocenters. The summed E-state index contributed by atoms with van der Waals surface area (Å²) in [5, 5.41) is 11.4. The quantitative estimate of drug-likeness (QED) is 0.137. The summed E-state index contributed by atoms with van der Waals surface area (Å²) in [6.07, 6.45) is -3.73. The molecule has 0 unspecified atom stereocenters. The maximum absolute atomic E-state index is 13.2. The highest BCUT2D eigenvalue weighted by Crippen LogP contribution is 2.32. The van der Waals surface area contributed by atoms with Gasteiger partial charge in [-0.25, -0.2) is 4.99 Å². The second-order valence-corrected chi connectivity index (χ2v) is 10.7. The van der Waals surface area contributed by atoms with Crippen LogP contribution in [0.4, 0.5) is 18.9 Å². The highest BCUT2D eigenvalue weighted by atomic mass is 35.5. The predicted molar refractivity (Wildman–Crippen MR) is 154 cm³/mol. The van der Waals surface area contributed by atoms with Crippen molar-refractivity contribution in [2.45, 2.75) is 37.9 Å². The van der Waals surface area contributed by atoms with Crippen LogP contribution in [0.25, 0.3) is 0 Å². The lowest BCUT2D eigenvalue weighted by molar-refractivity contribution is -0.137. The normalized spacial score (nSPS) is 12.0. The van der Waals surface area contributed by atoms with E-state index < -0.39 is 11.7 Å². The van der Waals surface area contributed by atoms with Gasteiger partial charge in [-0.05, 0) is 91.6 Å². The number of phenolic OH excluding ortho intramolecular Hbond substituents is 1. The smallest absolute Gasteiger partial charge is 0.416 e. The van der Waals surface area contributed by atoms with E-state index in [2.05, 4.69) is 11.0 Å². The zero-order chi connectivity index (χ0) is 28.0. The molecule has 0 heterocycles. The minimum Gasteiger partial charge on any atom is -0.508 e. The molecule has 39 heavy (non-hydrogen) atoms. The van der Waals surface area contributed by atoms with Gasteiger partial charge in [0.1, 0.15) is 5.75 Å². The van der Waals surface area contributed by atoms with Gasteiger partial charge in [-0.3, -0.25) is 0 Å². The van der Waals surface area contributed by atoms with Gasteiger partial charge in [0.15, 0.2) is 5.17 Å². The van der Waals surface area contributed by atoms with E-state index in [1.54, 1.807) is 18.2 Å². The van der Waals surface area contributed by atoms with E-state index in [0.29, 0.717) is 35.4 Å². The van der Waals surface area contributed by atoms with Crippen LogP contribution in [-0.2, 0) is 19.1 Å². The van der Waals surface area contributed by atoms with Crippen molar-refractivity contribution < 1.29 is 18.3 Å². The molecule has 202 valence electrons. The van der Waals surface area contributed by atoms with Crippen LogP contribution in [0, 0.1) is 13.8 Å². The number of phenols is 1. The number of thioether (sulfide) groups is 1. The number of hydrogen-bond donors (Lipinski definition) is 1. The lowest BCUT2D eigenvalue weighted by Crippen LogP contribution is -2.30. The first kappa shape index (κ1) is 28.6. The van der Waals surface area contributed by atoms with Crippen molar-refractivity contribution in [1.82, 2.24) is 4.90 Å². The highest BCUT2D eigenvalue weighted by Gasteiger charge is 2.30. The number of alkyl halides is 3. The number of rotatable bonds is 7. The Labute approximate surface area is 236 Å². The van der Waals surface area contributed by atoms with Gasteiger partial charge in [-0.1, -0.05) is 65.3 Å². The van der Waals surface area contributed by atoms with Gasteiger partial charge in [0, 0.05) is 23.0 Å². The fourth-order valence-corrected chi connectivity index (χ4v) is 5.15. The van der Waals surface area contributed by atoms with Gasteiger partial charge in [-0.15, -0.1) is 0 Å². The average molecular weight is 569 g/mol. The monoisotopic (exact) mass is 568 g/mol. The Kier molecular flexibility index (Phi) is 9.25. The predicted octanol–water partition coefficient (Wildman–Crippen LogP) is 9.21. The Balaban J connectivity index is 1.74. The first-order valence-corrected chi connectivity index (χ1v) is 13.5. The van der Waals surface area contributed by atoms with Crippen LogP contribution < -0.4 is 0 Å². The minimum absolute atomic E-state index is 0.161. The molecule has 0 fully saturated rings. The second-order valence-electron chi connectivity index (χ2n) is 9.28. The largest absolute Gasteiger partial charge is 0.508 e. The van der Waals surface area contributed by atoms with E-state index in [9.17, 15) is 18.3 Å². The first-order chi connectivity index (χ1) is 18.6. The third kappa shape index (κ3) is 8.28. The van der Waals surface area contributed by atoms with Crippen molar-refractivity contribution in [3.63, 3.8) is 0 Å². The minimum atomic E-state index is -4.42. The zero-order valence-electron chi connectivity index (χ0n) is 21.5. The summed E-state index contributed by atoms with van der Waals surface area (Å²) in [6, 6.07) is 25.7. The molecule has 8 heteroatoms. The van der Waals surface area contributed by atoms with Gasteiger partial charge < -0.3 is 10.0 Å². The summed E-state index contributed by atoms with van der Waals surface area (Å²) in [5.74, 6) is 0.161. The molecule has 4 rings (SSSR count). The second kappa shape index (κ2) is 12.6. The summed E-state index contributed by atoms with van der Waals surface area (Å²) in [5.41, 5.74) is 3.89. The van der Waals surface area contributed by atoms with Crippen LogP contribution in [0.1, 0.15) is 27.8 Å². The molecule has 0 aliphatic heterocycles. The van der Waals surface area contributed by atoms with Crippen LogP contribution in [0.15, 0.2) is 101 Å². The Morgan fingerprint density at radius 1 is 0.897 bits per heavy atom. The number of aryl methyl sites for hydroxylation is 2. The molecule has 0 aliphatic rings. The highest BCUT2D eigenvalue weighted by molar-refractivity contribution is 8.13. The Bertz CT molecular complexity index is 1440. The summed E-state index contributed by atoms with van der Waals surface area (Å²) in [7, 11) is 0. The number of halogens is 4. The molecule has 0 bridgehead atoms. The molecule has 0 spiro atoms. The lowest BCUT2D eigenvalue weighted by atomic mass is 10.1. The number of aliphatic imine (C=N–C) groups is 1. The molecule has 0 radical (unpaired) electrons. The van der Waals surface area contributed by atoms with Crippen molar-refractivity contribution in [3.8, 4) is 5.75 Å². The Morgan fingerprint density at radius 3 is 2.26 bits per heavy atom. The third-order valence-corrected chi connectivity index (χ3v) is 7.55. The lowest BCUT2D eigenvalue weighted by Gasteiger charge is -2.27. The van der Waals surface area contributed by atoms with Gasteiger partial charge in [0.25, 0.3) is 0 Å².